The first-order chi connectivity index (χ1) is 11.1. The third-order valence-electron chi connectivity index (χ3n) is 3.86. The van der Waals surface area contributed by atoms with Gasteiger partial charge in [0.25, 0.3) is 5.91 Å². The number of likely N-dealkylation sites (tertiary alicyclic amines) is 1. The second-order valence-corrected chi connectivity index (χ2v) is 6.40. The van der Waals surface area contributed by atoms with Crippen LogP contribution in [0.1, 0.15) is 23.2 Å². The van der Waals surface area contributed by atoms with Crippen LogP contribution in [0.4, 0.5) is 0 Å². The fourth-order valence-electron chi connectivity index (χ4n) is 2.49. The number of hydrogen-bond acceptors (Lipinski definition) is 4. The van der Waals surface area contributed by atoms with E-state index in [1.54, 1.807) is 18.3 Å². The number of pyridine rings is 1. The van der Waals surface area contributed by atoms with Crippen LogP contribution in [-0.4, -0.2) is 34.9 Å². The van der Waals surface area contributed by atoms with Crippen LogP contribution in [0.25, 0.3) is 0 Å². The highest BCUT2D eigenvalue weighted by Gasteiger charge is 2.21. The van der Waals surface area contributed by atoms with Gasteiger partial charge in [-0.15, -0.1) is 0 Å². The number of ether oxygens (including phenoxy) is 1. The number of halogens is 1. The fraction of sp³-hybridized carbons (Fsp3) is 0.294. The minimum atomic E-state index is -0.00292. The number of carbonyl (C=O) groups is 1. The van der Waals surface area contributed by atoms with Crippen molar-refractivity contribution < 1.29 is 9.53 Å². The summed E-state index contributed by atoms with van der Waals surface area (Å²) in [5.74, 6) is 1.13. The molecule has 1 aromatic carbocycles. The van der Waals surface area contributed by atoms with Gasteiger partial charge in [-0.1, -0.05) is 12.1 Å². The Labute approximate surface area is 143 Å². The molecule has 2 N–H and O–H groups in total. The monoisotopic (exact) mass is 375 g/mol. The van der Waals surface area contributed by atoms with Gasteiger partial charge in [0.1, 0.15) is 5.75 Å². The van der Waals surface area contributed by atoms with E-state index < -0.39 is 0 Å². The van der Waals surface area contributed by atoms with Crippen molar-refractivity contribution in [3.63, 3.8) is 0 Å². The maximum Gasteiger partial charge on any atom is 0.255 e. The molecule has 0 radical (unpaired) electrons. The summed E-state index contributed by atoms with van der Waals surface area (Å²) in [5.41, 5.74) is 6.44. The van der Waals surface area contributed by atoms with Gasteiger partial charge in [-0.3, -0.25) is 4.79 Å². The Bertz CT molecular complexity index is 682. The van der Waals surface area contributed by atoms with Crippen LogP contribution in [0.3, 0.4) is 0 Å². The molecule has 6 heteroatoms. The van der Waals surface area contributed by atoms with Crippen molar-refractivity contribution in [1.29, 1.82) is 0 Å². The van der Waals surface area contributed by atoms with Gasteiger partial charge in [0.15, 0.2) is 0 Å². The van der Waals surface area contributed by atoms with E-state index >= 15 is 0 Å². The van der Waals surface area contributed by atoms with Crippen molar-refractivity contribution in [1.82, 2.24) is 9.88 Å². The molecular formula is C17H18BrN3O2. The molecule has 1 fully saturated rings. The van der Waals surface area contributed by atoms with Gasteiger partial charge in [-0.2, -0.15) is 0 Å². The Morgan fingerprint density at radius 3 is 2.61 bits per heavy atom. The van der Waals surface area contributed by atoms with E-state index in [2.05, 4.69) is 20.9 Å². The maximum absolute atomic E-state index is 12.4. The number of aromatic nitrogens is 1. The number of hydrogen-bond donors (Lipinski definition) is 1. The van der Waals surface area contributed by atoms with E-state index in [0.717, 1.165) is 17.3 Å². The summed E-state index contributed by atoms with van der Waals surface area (Å²) in [6.07, 6.45) is 3.26. The third-order valence-corrected chi connectivity index (χ3v) is 4.52. The first kappa shape index (κ1) is 16.0. The largest absolute Gasteiger partial charge is 0.438 e. The average molecular weight is 376 g/mol. The molecule has 0 bridgehead atoms. The fourth-order valence-corrected chi connectivity index (χ4v) is 2.86. The van der Waals surface area contributed by atoms with Gasteiger partial charge < -0.3 is 15.4 Å². The molecule has 1 saturated heterocycles. The second-order valence-electron chi connectivity index (χ2n) is 5.55. The maximum atomic E-state index is 12.4. The molecule has 0 aliphatic carbocycles. The highest BCUT2D eigenvalue weighted by molar-refractivity contribution is 9.10. The summed E-state index contributed by atoms with van der Waals surface area (Å²) in [6.45, 7) is 1.41. The predicted octanol–water partition coefficient (Wildman–Crippen LogP) is 3.20. The van der Waals surface area contributed by atoms with Crippen LogP contribution in [0.15, 0.2) is 47.1 Å². The van der Waals surface area contributed by atoms with Crippen molar-refractivity contribution >= 4 is 21.8 Å². The van der Waals surface area contributed by atoms with Gasteiger partial charge in [0.2, 0.25) is 5.88 Å². The molecule has 0 unspecified atom stereocenters. The van der Waals surface area contributed by atoms with Gasteiger partial charge in [-0.05, 0) is 47.0 Å². The van der Waals surface area contributed by atoms with Crippen LogP contribution < -0.4 is 10.5 Å². The summed E-state index contributed by atoms with van der Waals surface area (Å²) < 4.78 is 6.56. The SMILES string of the molecule is NC1CCN(C(=O)c2ccc(Oc3ccccc3Br)nc2)CC1. The molecule has 5 nitrogen and oxygen atoms in total. The number of carbonyl (C=O) groups excluding carboxylic acids is 1. The normalized spacial score (nSPS) is 15.5. The van der Waals surface area contributed by atoms with Gasteiger partial charge in [-0.25, -0.2) is 4.98 Å². The van der Waals surface area contributed by atoms with Crippen molar-refractivity contribution in [2.75, 3.05) is 13.1 Å². The molecule has 0 atom stereocenters. The summed E-state index contributed by atoms with van der Waals surface area (Å²) in [7, 11) is 0. The van der Waals surface area contributed by atoms with E-state index in [9.17, 15) is 4.79 Å². The number of nitrogens with two attached hydrogens (primary N) is 1. The molecule has 1 aliphatic heterocycles. The predicted molar refractivity (Wildman–Crippen MR) is 91.6 cm³/mol. The van der Waals surface area contributed by atoms with E-state index in [1.165, 1.54) is 0 Å². The van der Waals surface area contributed by atoms with Crippen LogP contribution in [0.5, 0.6) is 11.6 Å². The van der Waals surface area contributed by atoms with E-state index in [0.29, 0.717) is 30.3 Å². The highest BCUT2D eigenvalue weighted by atomic mass is 79.9. The Kier molecular flexibility index (Phi) is 4.93. The van der Waals surface area contributed by atoms with Gasteiger partial charge in [0, 0.05) is 31.4 Å². The second kappa shape index (κ2) is 7.10. The quantitative estimate of drug-likeness (QED) is 0.893. The third kappa shape index (κ3) is 3.89. The van der Waals surface area contributed by atoms with Crippen LogP contribution >= 0.6 is 15.9 Å². The lowest BCUT2D eigenvalue weighted by molar-refractivity contribution is 0.0714. The van der Waals surface area contributed by atoms with Crippen molar-refractivity contribution in [3.8, 4) is 11.6 Å². The molecule has 1 amide bonds. The summed E-state index contributed by atoms with van der Waals surface area (Å²) in [4.78, 5) is 18.5. The topological polar surface area (TPSA) is 68.5 Å². The lowest BCUT2D eigenvalue weighted by Gasteiger charge is -2.30. The molecule has 120 valence electrons. The van der Waals surface area contributed by atoms with Crippen molar-refractivity contribution in [2.24, 2.45) is 5.73 Å². The number of para-hydroxylation sites is 1. The Morgan fingerprint density at radius 2 is 1.96 bits per heavy atom. The molecule has 23 heavy (non-hydrogen) atoms. The minimum absolute atomic E-state index is 0.00292. The number of benzene rings is 1. The zero-order valence-corrected chi connectivity index (χ0v) is 14.2. The van der Waals surface area contributed by atoms with Crippen LogP contribution in [0.2, 0.25) is 0 Å². The molecular weight excluding hydrogens is 358 g/mol. The smallest absolute Gasteiger partial charge is 0.255 e. The lowest BCUT2D eigenvalue weighted by atomic mass is 10.1. The van der Waals surface area contributed by atoms with Gasteiger partial charge >= 0.3 is 0 Å². The summed E-state index contributed by atoms with van der Waals surface area (Å²) in [6, 6.07) is 11.2. The minimum Gasteiger partial charge on any atom is -0.438 e. The Hall–Kier alpha value is -1.92. The molecule has 1 aromatic heterocycles. The standard InChI is InChI=1S/C17H18BrN3O2/c18-14-3-1-2-4-15(14)23-16-6-5-12(11-20-16)17(22)21-9-7-13(19)8-10-21/h1-6,11,13H,7-10,19H2. The number of piperidine rings is 1. The zero-order chi connectivity index (χ0) is 16.2. The molecule has 2 aromatic rings. The summed E-state index contributed by atoms with van der Waals surface area (Å²) >= 11 is 3.42. The Morgan fingerprint density at radius 1 is 1.22 bits per heavy atom. The summed E-state index contributed by atoms with van der Waals surface area (Å²) in [5, 5.41) is 0. The average Bonchev–Trinajstić information content (AvgIpc) is 2.58. The van der Waals surface area contributed by atoms with Crippen LogP contribution in [-0.2, 0) is 0 Å². The highest BCUT2D eigenvalue weighted by Crippen LogP contribution is 2.28. The van der Waals surface area contributed by atoms with Gasteiger partial charge in [0.05, 0.1) is 10.0 Å². The van der Waals surface area contributed by atoms with E-state index in [-0.39, 0.29) is 11.9 Å². The van der Waals surface area contributed by atoms with Crippen molar-refractivity contribution in [2.45, 2.75) is 18.9 Å². The first-order valence-electron chi connectivity index (χ1n) is 7.57. The molecule has 0 spiro atoms. The zero-order valence-electron chi connectivity index (χ0n) is 12.6. The number of amides is 1. The Balaban J connectivity index is 1.67. The molecule has 2 heterocycles. The molecule has 1 aliphatic rings. The van der Waals surface area contributed by atoms with E-state index in [1.807, 2.05) is 29.2 Å². The lowest BCUT2D eigenvalue weighted by Crippen LogP contribution is -2.42. The number of rotatable bonds is 3. The van der Waals surface area contributed by atoms with Crippen LogP contribution in [0, 0.1) is 0 Å². The first-order valence-corrected chi connectivity index (χ1v) is 8.36. The van der Waals surface area contributed by atoms with Crippen molar-refractivity contribution in [3.05, 3.63) is 52.6 Å². The van der Waals surface area contributed by atoms with E-state index in [4.69, 9.17) is 10.5 Å². The molecule has 0 saturated carbocycles. The number of nitrogens with zero attached hydrogens (tertiary/aromatic N) is 2. The molecule has 3 rings (SSSR count).